The summed E-state index contributed by atoms with van der Waals surface area (Å²) in [5, 5.41) is 4.35. The monoisotopic (exact) mass is 311 g/mol. The molecule has 0 saturated heterocycles. The molecular formula is C15H15Cl2NS. The van der Waals surface area contributed by atoms with Crippen molar-refractivity contribution in [1.29, 1.82) is 0 Å². The number of benzene rings is 2. The van der Waals surface area contributed by atoms with Crippen LogP contribution in [-0.4, -0.2) is 7.05 Å². The standard InChI is InChI=1S/C15H15Cl2NS/c1-10-7-12(4-3-11(10)9-18-2)19-13-5-6-14(16)15(17)8-13/h3-8,18H,9H2,1-2H3. The molecule has 2 aromatic rings. The van der Waals surface area contributed by atoms with Crippen LogP contribution >= 0.6 is 35.0 Å². The Morgan fingerprint density at radius 2 is 1.68 bits per heavy atom. The second kappa shape index (κ2) is 6.67. The molecule has 1 nitrogen and oxygen atoms in total. The molecule has 0 radical (unpaired) electrons. The Kier molecular flexibility index (Phi) is 5.17. The highest BCUT2D eigenvalue weighted by Gasteiger charge is 2.04. The van der Waals surface area contributed by atoms with E-state index in [-0.39, 0.29) is 0 Å². The van der Waals surface area contributed by atoms with Gasteiger partial charge in [0.05, 0.1) is 10.0 Å². The zero-order valence-corrected chi connectivity index (χ0v) is 13.2. The van der Waals surface area contributed by atoms with E-state index in [0.717, 1.165) is 11.4 Å². The molecule has 0 unspecified atom stereocenters. The van der Waals surface area contributed by atoms with Gasteiger partial charge in [-0.25, -0.2) is 0 Å². The van der Waals surface area contributed by atoms with Gasteiger partial charge in [-0.2, -0.15) is 0 Å². The Hall–Kier alpha value is -0.670. The van der Waals surface area contributed by atoms with Gasteiger partial charge in [-0.15, -0.1) is 0 Å². The third kappa shape index (κ3) is 3.90. The molecule has 0 spiro atoms. The summed E-state index contributed by atoms with van der Waals surface area (Å²) >= 11 is 13.6. The third-order valence-electron chi connectivity index (χ3n) is 2.81. The van der Waals surface area contributed by atoms with Gasteiger partial charge < -0.3 is 5.32 Å². The van der Waals surface area contributed by atoms with Crippen LogP contribution in [0.5, 0.6) is 0 Å². The lowest BCUT2D eigenvalue weighted by Crippen LogP contribution is -2.06. The van der Waals surface area contributed by atoms with Crippen LogP contribution in [0.3, 0.4) is 0 Å². The number of halogens is 2. The van der Waals surface area contributed by atoms with Gasteiger partial charge in [-0.05, 0) is 55.4 Å². The van der Waals surface area contributed by atoms with E-state index in [0.29, 0.717) is 10.0 Å². The number of nitrogens with one attached hydrogen (secondary N) is 1. The Bertz CT molecular complexity index is 584. The van der Waals surface area contributed by atoms with Gasteiger partial charge in [0.2, 0.25) is 0 Å². The summed E-state index contributed by atoms with van der Waals surface area (Å²) in [5.41, 5.74) is 2.61. The van der Waals surface area contributed by atoms with Gasteiger partial charge in [0.25, 0.3) is 0 Å². The second-order valence-electron chi connectivity index (χ2n) is 4.30. The number of hydrogen-bond donors (Lipinski definition) is 1. The van der Waals surface area contributed by atoms with Gasteiger partial charge in [0, 0.05) is 16.3 Å². The van der Waals surface area contributed by atoms with Crippen LogP contribution < -0.4 is 5.32 Å². The van der Waals surface area contributed by atoms with E-state index in [1.54, 1.807) is 11.8 Å². The fourth-order valence-corrected chi connectivity index (χ4v) is 3.12. The van der Waals surface area contributed by atoms with E-state index in [1.807, 2.05) is 25.2 Å². The summed E-state index contributed by atoms with van der Waals surface area (Å²) in [6.45, 7) is 3.02. The average molecular weight is 312 g/mol. The second-order valence-corrected chi connectivity index (χ2v) is 6.26. The topological polar surface area (TPSA) is 12.0 Å². The lowest BCUT2D eigenvalue weighted by Gasteiger charge is -2.08. The van der Waals surface area contributed by atoms with Crippen molar-refractivity contribution in [2.75, 3.05) is 7.05 Å². The zero-order valence-electron chi connectivity index (χ0n) is 10.8. The van der Waals surface area contributed by atoms with Crippen molar-refractivity contribution in [1.82, 2.24) is 5.32 Å². The summed E-state index contributed by atoms with van der Waals surface area (Å²) in [7, 11) is 1.96. The highest BCUT2D eigenvalue weighted by Crippen LogP contribution is 2.33. The van der Waals surface area contributed by atoms with Crippen molar-refractivity contribution < 1.29 is 0 Å². The first kappa shape index (κ1) is 14.7. The third-order valence-corrected chi connectivity index (χ3v) is 4.53. The molecule has 0 aliphatic heterocycles. The fraction of sp³-hybridized carbons (Fsp3) is 0.200. The maximum atomic E-state index is 6.02. The predicted octanol–water partition coefficient (Wildman–Crippen LogP) is 5.17. The lowest BCUT2D eigenvalue weighted by molar-refractivity contribution is 0.811. The summed E-state index contributed by atoms with van der Waals surface area (Å²) in [6, 6.07) is 12.2. The first-order chi connectivity index (χ1) is 9.10. The molecule has 0 aliphatic carbocycles. The first-order valence-corrected chi connectivity index (χ1v) is 7.54. The summed E-state index contributed by atoms with van der Waals surface area (Å²) < 4.78 is 0. The highest BCUT2D eigenvalue weighted by molar-refractivity contribution is 7.99. The van der Waals surface area contributed by atoms with Crippen molar-refractivity contribution in [2.24, 2.45) is 0 Å². The molecule has 2 rings (SSSR count). The van der Waals surface area contributed by atoms with Crippen molar-refractivity contribution in [3.63, 3.8) is 0 Å². The van der Waals surface area contributed by atoms with Crippen LogP contribution in [0.2, 0.25) is 10.0 Å². The van der Waals surface area contributed by atoms with E-state index < -0.39 is 0 Å². The Morgan fingerprint density at radius 3 is 2.32 bits per heavy atom. The highest BCUT2D eigenvalue weighted by atomic mass is 35.5. The van der Waals surface area contributed by atoms with Gasteiger partial charge in [0.15, 0.2) is 0 Å². The first-order valence-electron chi connectivity index (χ1n) is 5.97. The molecule has 19 heavy (non-hydrogen) atoms. The zero-order chi connectivity index (χ0) is 13.8. The van der Waals surface area contributed by atoms with E-state index in [4.69, 9.17) is 23.2 Å². The minimum absolute atomic E-state index is 0.589. The summed E-state index contributed by atoms with van der Waals surface area (Å²) in [5.74, 6) is 0. The Balaban J connectivity index is 2.19. The molecule has 0 atom stereocenters. The molecule has 0 amide bonds. The molecule has 0 bridgehead atoms. The van der Waals surface area contributed by atoms with Gasteiger partial charge in [-0.3, -0.25) is 0 Å². The SMILES string of the molecule is CNCc1ccc(Sc2ccc(Cl)c(Cl)c2)cc1C. The lowest BCUT2D eigenvalue weighted by atomic mass is 10.1. The summed E-state index contributed by atoms with van der Waals surface area (Å²) in [4.78, 5) is 2.30. The van der Waals surface area contributed by atoms with E-state index in [2.05, 4.69) is 30.4 Å². The average Bonchev–Trinajstić information content (AvgIpc) is 2.37. The predicted molar refractivity (Wildman–Crippen MR) is 84.5 cm³/mol. The molecule has 0 fully saturated rings. The van der Waals surface area contributed by atoms with Crippen molar-refractivity contribution in [2.45, 2.75) is 23.3 Å². The van der Waals surface area contributed by atoms with E-state index in [1.165, 1.54) is 16.0 Å². The molecule has 2 aromatic carbocycles. The molecule has 0 saturated carbocycles. The summed E-state index contributed by atoms with van der Waals surface area (Å²) in [6.07, 6.45) is 0. The Morgan fingerprint density at radius 1 is 1.00 bits per heavy atom. The number of hydrogen-bond acceptors (Lipinski definition) is 2. The normalized spacial score (nSPS) is 10.7. The van der Waals surface area contributed by atoms with E-state index in [9.17, 15) is 0 Å². The van der Waals surface area contributed by atoms with Gasteiger partial charge in [-0.1, -0.05) is 41.0 Å². The molecule has 100 valence electrons. The van der Waals surface area contributed by atoms with Crippen LogP contribution in [-0.2, 0) is 6.54 Å². The van der Waals surface area contributed by atoms with Crippen molar-refractivity contribution in [3.05, 3.63) is 57.6 Å². The van der Waals surface area contributed by atoms with Gasteiger partial charge in [0.1, 0.15) is 0 Å². The largest absolute Gasteiger partial charge is 0.316 e. The number of aryl methyl sites for hydroxylation is 1. The fourth-order valence-electron chi connectivity index (χ4n) is 1.80. The van der Waals surface area contributed by atoms with Crippen LogP contribution in [0, 0.1) is 6.92 Å². The van der Waals surface area contributed by atoms with Crippen LogP contribution in [0.1, 0.15) is 11.1 Å². The molecular weight excluding hydrogens is 297 g/mol. The molecule has 4 heteroatoms. The smallest absolute Gasteiger partial charge is 0.0603 e. The quantitative estimate of drug-likeness (QED) is 0.835. The minimum Gasteiger partial charge on any atom is -0.316 e. The molecule has 1 N–H and O–H groups in total. The minimum atomic E-state index is 0.589. The van der Waals surface area contributed by atoms with Crippen LogP contribution in [0.4, 0.5) is 0 Å². The van der Waals surface area contributed by atoms with E-state index >= 15 is 0 Å². The number of rotatable bonds is 4. The van der Waals surface area contributed by atoms with Gasteiger partial charge >= 0.3 is 0 Å². The molecule has 0 aliphatic rings. The van der Waals surface area contributed by atoms with Crippen LogP contribution in [0.25, 0.3) is 0 Å². The van der Waals surface area contributed by atoms with Crippen molar-refractivity contribution >= 4 is 35.0 Å². The molecule has 0 aromatic heterocycles. The Labute approximate surface area is 128 Å². The maximum absolute atomic E-state index is 6.02. The maximum Gasteiger partial charge on any atom is 0.0603 e. The van der Waals surface area contributed by atoms with Crippen LogP contribution in [0.15, 0.2) is 46.2 Å². The molecule has 0 heterocycles. The van der Waals surface area contributed by atoms with Crippen molar-refractivity contribution in [3.8, 4) is 0 Å².